The molecule has 1 aliphatic heterocycles. The number of halogens is 1. The van der Waals surface area contributed by atoms with Gasteiger partial charge in [-0.05, 0) is 37.1 Å². The number of hydrogen-bond donors (Lipinski definition) is 1. The Morgan fingerprint density at radius 1 is 1.14 bits per heavy atom. The van der Waals surface area contributed by atoms with Crippen LogP contribution < -0.4 is 5.56 Å². The lowest BCUT2D eigenvalue weighted by atomic mass is 9.91. The number of carbonyl (C=O) groups is 1. The fraction of sp³-hybridized carbons (Fsp3) is 0.250. The average molecular weight is 488 g/mol. The molecule has 5 heterocycles. The van der Waals surface area contributed by atoms with E-state index in [1.54, 1.807) is 46.2 Å². The predicted molar refractivity (Wildman–Crippen MR) is 126 cm³/mol. The van der Waals surface area contributed by atoms with Crippen molar-refractivity contribution in [2.75, 3.05) is 13.1 Å². The molecule has 1 aromatic carbocycles. The number of hydrogen-bond acceptors (Lipinski definition) is 7. The summed E-state index contributed by atoms with van der Waals surface area (Å²) < 4.78 is 17.8. The van der Waals surface area contributed by atoms with E-state index < -0.39 is 5.60 Å². The lowest BCUT2D eigenvalue weighted by molar-refractivity contribution is -0.0300. The Kier molecular flexibility index (Phi) is 5.11. The van der Waals surface area contributed by atoms with Gasteiger partial charge < -0.3 is 14.4 Å². The van der Waals surface area contributed by atoms with Crippen LogP contribution in [-0.4, -0.2) is 68.3 Å². The van der Waals surface area contributed by atoms with Crippen LogP contribution in [0.15, 0.2) is 66.4 Å². The number of piperidine rings is 1. The third-order valence-corrected chi connectivity index (χ3v) is 6.56. The van der Waals surface area contributed by atoms with Crippen LogP contribution in [0.5, 0.6) is 0 Å². The van der Waals surface area contributed by atoms with Crippen molar-refractivity contribution in [2.45, 2.75) is 25.0 Å². The molecule has 36 heavy (non-hydrogen) atoms. The van der Waals surface area contributed by atoms with E-state index in [0.717, 1.165) is 0 Å². The molecule has 12 heteroatoms. The molecule has 1 aliphatic rings. The third kappa shape index (κ3) is 3.81. The Labute approximate surface area is 203 Å². The molecule has 0 atom stereocenters. The predicted octanol–water partition coefficient (Wildman–Crippen LogP) is 1.43. The third-order valence-electron chi connectivity index (χ3n) is 6.56. The second-order valence-corrected chi connectivity index (χ2v) is 8.93. The zero-order valence-electron chi connectivity index (χ0n) is 19.0. The van der Waals surface area contributed by atoms with E-state index in [2.05, 4.69) is 20.1 Å². The highest BCUT2D eigenvalue weighted by molar-refractivity contribution is 5.93. The minimum Gasteiger partial charge on any atom is -0.388 e. The fourth-order valence-corrected chi connectivity index (χ4v) is 4.54. The molecule has 0 saturated carbocycles. The second-order valence-electron chi connectivity index (χ2n) is 8.93. The minimum absolute atomic E-state index is 0.0402. The Morgan fingerprint density at radius 2 is 1.92 bits per heavy atom. The van der Waals surface area contributed by atoms with E-state index >= 15 is 0 Å². The molecule has 6 rings (SSSR count). The smallest absolute Gasteiger partial charge is 0.274 e. The Bertz CT molecular complexity index is 1610. The SMILES string of the molecule is O=C(c1cn2ccncc2n1)N1CCC(O)(Cn2cnc3c(cnn3-c3ccc(F)cc3)c2=O)CC1. The van der Waals surface area contributed by atoms with Crippen molar-refractivity contribution in [3.05, 3.63) is 83.4 Å². The lowest BCUT2D eigenvalue weighted by Crippen LogP contribution is -2.49. The van der Waals surface area contributed by atoms with Gasteiger partial charge in [-0.3, -0.25) is 19.1 Å². The minimum atomic E-state index is -1.17. The number of carbonyl (C=O) groups excluding carboxylic acids is 1. The van der Waals surface area contributed by atoms with E-state index in [1.165, 1.54) is 33.9 Å². The lowest BCUT2D eigenvalue weighted by Gasteiger charge is -2.38. The Balaban J connectivity index is 1.18. The molecule has 0 radical (unpaired) electrons. The first kappa shape index (κ1) is 22.0. The van der Waals surface area contributed by atoms with E-state index in [1.807, 2.05) is 0 Å². The van der Waals surface area contributed by atoms with Crippen molar-refractivity contribution < 1.29 is 14.3 Å². The molecule has 1 N–H and O–H groups in total. The maximum absolute atomic E-state index is 13.3. The Morgan fingerprint density at radius 3 is 2.67 bits per heavy atom. The van der Waals surface area contributed by atoms with Gasteiger partial charge >= 0.3 is 0 Å². The number of rotatable bonds is 4. The summed E-state index contributed by atoms with van der Waals surface area (Å²) in [5, 5.41) is 15.7. The van der Waals surface area contributed by atoms with Crippen LogP contribution in [-0.2, 0) is 6.54 Å². The first-order valence-corrected chi connectivity index (χ1v) is 11.4. The summed E-state index contributed by atoms with van der Waals surface area (Å²) in [4.78, 5) is 40.4. The molecular formula is C24H21FN8O3. The molecule has 0 unspecified atom stereocenters. The highest BCUT2D eigenvalue weighted by Crippen LogP contribution is 2.25. The van der Waals surface area contributed by atoms with E-state index in [9.17, 15) is 19.1 Å². The van der Waals surface area contributed by atoms with Crippen LogP contribution in [0.2, 0.25) is 0 Å². The number of benzene rings is 1. The van der Waals surface area contributed by atoms with Crippen molar-refractivity contribution >= 4 is 22.6 Å². The van der Waals surface area contributed by atoms with Crippen LogP contribution in [0, 0.1) is 5.82 Å². The summed E-state index contributed by atoms with van der Waals surface area (Å²) in [5.74, 6) is -0.587. The van der Waals surface area contributed by atoms with Gasteiger partial charge in [0.1, 0.15) is 23.2 Å². The molecule has 11 nitrogen and oxygen atoms in total. The fourth-order valence-electron chi connectivity index (χ4n) is 4.54. The van der Waals surface area contributed by atoms with Crippen molar-refractivity contribution in [1.29, 1.82) is 0 Å². The van der Waals surface area contributed by atoms with Crippen molar-refractivity contribution in [2.24, 2.45) is 0 Å². The van der Waals surface area contributed by atoms with E-state index in [4.69, 9.17) is 0 Å². The van der Waals surface area contributed by atoms with Crippen LogP contribution in [0.3, 0.4) is 0 Å². The van der Waals surface area contributed by atoms with Gasteiger partial charge in [-0.2, -0.15) is 5.10 Å². The standard InChI is InChI=1S/C24H21FN8O3/c25-16-1-3-17(4-2-16)33-21-18(11-28-33)22(34)32(15-27-21)14-24(36)5-8-30(9-6-24)23(35)19-13-31-10-7-26-12-20(31)29-19/h1-4,7,10-13,15,36H,5-6,8-9,14H2. The van der Waals surface area contributed by atoms with Gasteiger partial charge in [-0.15, -0.1) is 0 Å². The summed E-state index contributed by atoms with van der Waals surface area (Å²) in [6.45, 7) is 0.696. The number of nitrogens with zero attached hydrogens (tertiary/aromatic N) is 8. The molecule has 182 valence electrons. The zero-order chi connectivity index (χ0) is 24.9. The van der Waals surface area contributed by atoms with Crippen molar-refractivity contribution in [3.63, 3.8) is 0 Å². The highest BCUT2D eigenvalue weighted by Gasteiger charge is 2.35. The van der Waals surface area contributed by atoms with Gasteiger partial charge in [0.05, 0.1) is 30.2 Å². The summed E-state index contributed by atoms with van der Waals surface area (Å²) >= 11 is 0. The number of amides is 1. The Hall–Kier alpha value is -4.45. The monoisotopic (exact) mass is 488 g/mol. The quantitative estimate of drug-likeness (QED) is 0.406. The average Bonchev–Trinajstić information content (AvgIpc) is 3.51. The van der Waals surface area contributed by atoms with Gasteiger partial charge in [-0.1, -0.05) is 0 Å². The molecule has 5 aromatic rings. The van der Waals surface area contributed by atoms with E-state index in [-0.39, 0.29) is 23.8 Å². The molecule has 1 amide bonds. The number of aliphatic hydroxyl groups is 1. The van der Waals surface area contributed by atoms with Gasteiger partial charge in [0.2, 0.25) is 0 Å². The van der Waals surface area contributed by atoms with E-state index in [0.29, 0.717) is 54.0 Å². The second kappa shape index (κ2) is 8.34. The molecular weight excluding hydrogens is 467 g/mol. The largest absolute Gasteiger partial charge is 0.388 e. The molecule has 0 bridgehead atoms. The molecule has 0 spiro atoms. The molecule has 1 fully saturated rings. The first-order chi connectivity index (χ1) is 17.4. The van der Waals surface area contributed by atoms with Crippen molar-refractivity contribution in [3.8, 4) is 5.69 Å². The van der Waals surface area contributed by atoms with Gasteiger partial charge in [-0.25, -0.2) is 19.0 Å². The van der Waals surface area contributed by atoms with Crippen LogP contribution in [0.1, 0.15) is 23.3 Å². The maximum Gasteiger partial charge on any atom is 0.274 e. The topological polar surface area (TPSA) is 123 Å². The normalized spacial score (nSPS) is 15.6. The summed E-state index contributed by atoms with van der Waals surface area (Å²) in [7, 11) is 0. The highest BCUT2D eigenvalue weighted by atomic mass is 19.1. The summed E-state index contributed by atoms with van der Waals surface area (Å²) in [5.41, 5.74) is 0.313. The molecule has 4 aromatic heterocycles. The van der Waals surface area contributed by atoms with Crippen molar-refractivity contribution in [1.82, 2.24) is 38.6 Å². The molecule has 1 saturated heterocycles. The summed E-state index contributed by atoms with van der Waals surface area (Å²) in [6.07, 6.45) is 9.98. The van der Waals surface area contributed by atoms with Gasteiger partial charge in [0.25, 0.3) is 11.5 Å². The van der Waals surface area contributed by atoms with Crippen LogP contribution in [0.25, 0.3) is 22.4 Å². The zero-order valence-corrected chi connectivity index (χ0v) is 19.0. The number of fused-ring (bicyclic) bond motifs is 2. The first-order valence-electron chi connectivity index (χ1n) is 11.4. The van der Waals surface area contributed by atoms with Crippen LogP contribution >= 0.6 is 0 Å². The number of imidazole rings is 1. The number of aromatic nitrogens is 7. The molecule has 0 aliphatic carbocycles. The maximum atomic E-state index is 13.3. The van der Waals surface area contributed by atoms with Gasteiger partial charge in [0.15, 0.2) is 11.3 Å². The number of likely N-dealkylation sites (tertiary alicyclic amines) is 1. The van der Waals surface area contributed by atoms with Gasteiger partial charge in [0, 0.05) is 31.7 Å². The summed E-state index contributed by atoms with van der Waals surface area (Å²) in [6, 6.07) is 5.72. The van der Waals surface area contributed by atoms with Crippen LogP contribution in [0.4, 0.5) is 4.39 Å².